The molecule has 0 spiro atoms. The lowest BCUT2D eigenvalue weighted by Gasteiger charge is -2.13. The Bertz CT molecular complexity index is 785. The van der Waals surface area contributed by atoms with Crippen molar-refractivity contribution in [1.29, 1.82) is 0 Å². The van der Waals surface area contributed by atoms with Crippen LogP contribution < -0.4 is 15.4 Å². The number of para-hydroxylation sites is 1. The number of amides is 2. The van der Waals surface area contributed by atoms with Crippen LogP contribution in [-0.2, 0) is 11.2 Å². The Kier molecular flexibility index (Phi) is 4.61. The fourth-order valence-corrected chi connectivity index (χ4v) is 3.59. The molecule has 2 N–H and O–H groups in total. The fourth-order valence-electron chi connectivity index (χ4n) is 3.59. The van der Waals surface area contributed by atoms with Gasteiger partial charge in [0.25, 0.3) is 11.8 Å². The fraction of sp³-hybridized carbons (Fsp3) is 0.333. The molecular formula is C21H22N2O3. The van der Waals surface area contributed by atoms with Gasteiger partial charge in [-0.1, -0.05) is 31.0 Å². The van der Waals surface area contributed by atoms with Crippen LogP contribution in [0.1, 0.15) is 41.6 Å². The normalized spacial score (nSPS) is 18.8. The highest BCUT2D eigenvalue weighted by Crippen LogP contribution is 2.28. The van der Waals surface area contributed by atoms with Crippen LogP contribution in [-0.4, -0.2) is 24.0 Å². The van der Waals surface area contributed by atoms with Crippen molar-refractivity contribution in [2.45, 2.75) is 44.2 Å². The Morgan fingerprint density at radius 3 is 2.42 bits per heavy atom. The molecule has 134 valence electrons. The molecule has 4 rings (SSSR count). The van der Waals surface area contributed by atoms with Gasteiger partial charge in [-0.05, 0) is 48.7 Å². The number of benzene rings is 2. The van der Waals surface area contributed by atoms with Crippen molar-refractivity contribution in [3.63, 3.8) is 0 Å². The molecule has 1 unspecified atom stereocenters. The summed E-state index contributed by atoms with van der Waals surface area (Å²) in [5.41, 5.74) is 2.32. The van der Waals surface area contributed by atoms with E-state index in [1.807, 2.05) is 24.3 Å². The standard InChI is InChI=1S/C21H22N2O3/c24-20(22-16-6-2-3-7-16)14-9-11-17(12-10-14)23-21(25)19-13-15-5-1-4-8-18(15)26-19/h1,4-5,8-12,16,19H,2-3,6-7,13H2,(H,22,24)(H,23,25). The van der Waals surface area contributed by atoms with Crippen LogP contribution in [0.3, 0.4) is 0 Å². The maximum Gasteiger partial charge on any atom is 0.265 e. The molecular weight excluding hydrogens is 328 g/mol. The van der Waals surface area contributed by atoms with Crippen molar-refractivity contribution < 1.29 is 14.3 Å². The van der Waals surface area contributed by atoms with Gasteiger partial charge in [0.05, 0.1) is 0 Å². The van der Waals surface area contributed by atoms with Crippen molar-refractivity contribution in [3.8, 4) is 5.75 Å². The van der Waals surface area contributed by atoms with Crippen LogP contribution in [0.4, 0.5) is 5.69 Å². The molecule has 1 saturated carbocycles. The molecule has 2 aliphatic rings. The van der Waals surface area contributed by atoms with Gasteiger partial charge < -0.3 is 15.4 Å². The molecule has 5 nitrogen and oxygen atoms in total. The summed E-state index contributed by atoms with van der Waals surface area (Å²) >= 11 is 0. The van der Waals surface area contributed by atoms with Gasteiger partial charge in [-0.2, -0.15) is 0 Å². The van der Waals surface area contributed by atoms with E-state index in [-0.39, 0.29) is 11.8 Å². The third kappa shape index (κ3) is 3.57. The van der Waals surface area contributed by atoms with E-state index in [1.165, 1.54) is 12.8 Å². The average Bonchev–Trinajstić information content (AvgIpc) is 3.31. The van der Waals surface area contributed by atoms with Gasteiger partial charge in [0.2, 0.25) is 0 Å². The van der Waals surface area contributed by atoms with Gasteiger partial charge in [-0.15, -0.1) is 0 Å². The minimum absolute atomic E-state index is 0.0515. The monoisotopic (exact) mass is 350 g/mol. The first-order valence-corrected chi connectivity index (χ1v) is 9.15. The number of ether oxygens (including phenoxy) is 1. The summed E-state index contributed by atoms with van der Waals surface area (Å²) in [5.74, 6) is 0.542. The maximum absolute atomic E-state index is 12.4. The summed E-state index contributed by atoms with van der Waals surface area (Å²) in [5, 5.41) is 5.93. The number of nitrogens with one attached hydrogen (secondary N) is 2. The molecule has 26 heavy (non-hydrogen) atoms. The molecule has 2 amide bonds. The van der Waals surface area contributed by atoms with Crippen LogP contribution in [0.5, 0.6) is 5.75 Å². The highest BCUT2D eigenvalue weighted by atomic mass is 16.5. The first-order chi connectivity index (χ1) is 12.7. The predicted octanol–water partition coefficient (Wildman–Crippen LogP) is 3.30. The van der Waals surface area contributed by atoms with Crippen LogP contribution >= 0.6 is 0 Å². The number of hydrogen-bond donors (Lipinski definition) is 2. The lowest BCUT2D eigenvalue weighted by Crippen LogP contribution is -2.32. The third-order valence-electron chi connectivity index (χ3n) is 5.04. The quantitative estimate of drug-likeness (QED) is 0.889. The zero-order chi connectivity index (χ0) is 17.9. The Labute approximate surface area is 152 Å². The summed E-state index contributed by atoms with van der Waals surface area (Å²) in [7, 11) is 0. The van der Waals surface area contributed by atoms with Gasteiger partial charge in [-0.25, -0.2) is 0 Å². The van der Waals surface area contributed by atoms with Crippen molar-refractivity contribution in [3.05, 3.63) is 59.7 Å². The van der Waals surface area contributed by atoms with Gasteiger partial charge in [0.1, 0.15) is 5.75 Å². The van der Waals surface area contributed by atoms with E-state index < -0.39 is 6.10 Å². The average molecular weight is 350 g/mol. The molecule has 0 aromatic heterocycles. The third-order valence-corrected chi connectivity index (χ3v) is 5.04. The van der Waals surface area contributed by atoms with Crippen LogP contribution in [0.25, 0.3) is 0 Å². The molecule has 2 aromatic carbocycles. The minimum atomic E-state index is -0.516. The zero-order valence-electron chi connectivity index (χ0n) is 14.5. The number of hydrogen-bond acceptors (Lipinski definition) is 3. The molecule has 5 heteroatoms. The van der Waals surface area contributed by atoms with Gasteiger partial charge in [0, 0.05) is 23.7 Å². The van der Waals surface area contributed by atoms with E-state index >= 15 is 0 Å². The summed E-state index contributed by atoms with van der Waals surface area (Å²) < 4.78 is 5.70. The van der Waals surface area contributed by atoms with Crippen LogP contribution in [0.15, 0.2) is 48.5 Å². The molecule has 1 atom stereocenters. The number of carbonyl (C=O) groups excluding carboxylic acids is 2. The number of rotatable bonds is 4. The Balaban J connectivity index is 1.34. The zero-order valence-corrected chi connectivity index (χ0v) is 14.5. The Hall–Kier alpha value is -2.82. The molecule has 1 aliphatic carbocycles. The topological polar surface area (TPSA) is 67.4 Å². The molecule has 1 fully saturated rings. The molecule has 1 heterocycles. The van der Waals surface area contributed by atoms with E-state index in [1.54, 1.807) is 24.3 Å². The molecule has 0 radical (unpaired) electrons. The van der Waals surface area contributed by atoms with Crippen molar-refractivity contribution in [2.75, 3.05) is 5.32 Å². The van der Waals surface area contributed by atoms with E-state index in [0.29, 0.717) is 23.7 Å². The molecule has 0 saturated heterocycles. The first kappa shape index (κ1) is 16.6. The number of carbonyl (C=O) groups is 2. The van der Waals surface area contributed by atoms with Crippen molar-refractivity contribution in [1.82, 2.24) is 5.32 Å². The number of anilines is 1. The lowest BCUT2D eigenvalue weighted by molar-refractivity contribution is -0.122. The van der Waals surface area contributed by atoms with E-state index in [2.05, 4.69) is 10.6 Å². The highest BCUT2D eigenvalue weighted by Gasteiger charge is 2.28. The Morgan fingerprint density at radius 1 is 0.962 bits per heavy atom. The second-order valence-corrected chi connectivity index (χ2v) is 6.94. The lowest BCUT2D eigenvalue weighted by atomic mass is 10.1. The Morgan fingerprint density at radius 2 is 1.69 bits per heavy atom. The maximum atomic E-state index is 12.4. The van der Waals surface area contributed by atoms with Crippen molar-refractivity contribution in [2.24, 2.45) is 0 Å². The minimum Gasteiger partial charge on any atom is -0.480 e. The smallest absolute Gasteiger partial charge is 0.265 e. The van der Waals surface area contributed by atoms with Crippen molar-refractivity contribution >= 4 is 17.5 Å². The summed E-state index contributed by atoms with van der Waals surface area (Å²) in [6, 6.07) is 15.0. The van der Waals surface area contributed by atoms with E-state index in [9.17, 15) is 9.59 Å². The van der Waals surface area contributed by atoms with Gasteiger partial charge >= 0.3 is 0 Å². The molecule has 2 aromatic rings. The van der Waals surface area contributed by atoms with E-state index in [0.717, 1.165) is 24.2 Å². The second kappa shape index (κ2) is 7.20. The SMILES string of the molecule is O=C(NC1CCCC1)c1ccc(NC(=O)C2Cc3ccccc3O2)cc1. The number of fused-ring (bicyclic) bond motifs is 1. The predicted molar refractivity (Wildman–Crippen MR) is 99.4 cm³/mol. The first-order valence-electron chi connectivity index (χ1n) is 9.15. The van der Waals surface area contributed by atoms with Crippen LogP contribution in [0.2, 0.25) is 0 Å². The second-order valence-electron chi connectivity index (χ2n) is 6.94. The van der Waals surface area contributed by atoms with E-state index in [4.69, 9.17) is 4.74 Å². The summed E-state index contributed by atoms with van der Waals surface area (Å²) in [4.78, 5) is 24.7. The van der Waals surface area contributed by atoms with Crippen LogP contribution in [0, 0.1) is 0 Å². The van der Waals surface area contributed by atoms with Gasteiger partial charge in [0.15, 0.2) is 6.10 Å². The summed E-state index contributed by atoms with van der Waals surface area (Å²) in [6.07, 6.45) is 4.54. The molecule has 0 bridgehead atoms. The highest BCUT2D eigenvalue weighted by molar-refractivity contribution is 5.97. The summed E-state index contributed by atoms with van der Waals surface area (Å²) in [6.45, 7) is 0. The van der Waals surface area contributed by atoms with Gasteiger partial charge in [-0.3, -0.25) is 9.59 Å². The molecule has 1 aliphatic heterocycles. The largest absolute Gasteiger partial charge is 0.480 e.